The molecule has 3 N–H and O–H groups in total. The molecule has 0 aromatic rings. The maximum atomic E-state index is 11.2. The van der Waals surface area contributed by atoms with Crippen LogP contribution in [-0.4, -0.2) is 42.9 Å². The highest BCUT2D eigenvalue weighted by Gasteiger charge is 2.16. The van der Waals surface area contributed by atoms with E-state index in [1.54, 1.807) is 0 Å². The standard InChI is InChI=1S/C11H22N4O.HI/c1-3-13-10(16)8-14-11(12)15-6-4-9(2)5-7-15;/h9H,3-8H2,1-2H3,(H2,12,14)(H,13,16);1H. The van der Waals surface area contributed by atoms with Gasteiger partial charge in [0.25, 0.3) is 0 Å². The lowest BCUT2D eigenvalue weighted by molar-refractivity contribution is -0.119. The lowest BCUT2D eigenvalue weighted by atomic mass is 10.00. The molecule has 1 aliphatic rings. The Bertz CT molecular complexity index is 262. The predicted molar refractivity (Wildman–Crippen MR) is 80.6 cm³/mol. The van der Waals surface area contributed by atoms with Crippen LogP contribution in [0.5, 0.6) is 0 Å². The Kier molecular flexibility index (Phi) is 8.28. The first kappa shape index (κ1) is 16.5. The van der Waals surface area contributed by atoms with E-state index in [0.717, 1.165) is 31.8 Å². The molecule has 1 heterocycles. The summed E-state index contributed by atoms with van der Waals surface area (Å²) in [6, 6.07) is 0. The number of halogens is 1. The van der Waals surface area contributed by atoms with Crippen molar-refractivity contribution in [2.24, 2.45) is 16.6 Å². The van der Waals surface area contributed by atoms with Crippen LogP contribution < -0.4 is 11.1 Å². The maximum absolute atomic E-state index is 11.2. The van der Waals surface area contributed by atoms with Crippen LogP contribution in [0.3, 0.4) is 0 Å². The molecule has 0 radical (unpaired) electrons. The second-order valence-electron chi connectivity index (χ2n) is 4.30. The number of aliphatic imine (C=N–C) groups is 1. The number of rotatable bonds is 3. The van der Waals surface area contributed by atoms with Gasteiger partial charge in [0.05, 0.1) is 0 Å². The van der Waals surface area contributed by atoms with Gasteiger partial charge < -0.3 is 16.0 Å². The Labute approximate surface area is 120 Å². The van der Waals surface area contributed by atoms with Crippen LogP contribution in [0.25, 0.3) is 0 Å². The van der Waals surface area contributed by atoms with Gasteiger partial charge in [-0.05, 0) is 25.7 Å². The minimum absolute atomic E-state index is 0. The molecular weight excluding hydrogens is 331 g/mol. The van der Waals surface area contributed by atoms with Gasteiger partial charge in [0, 0.05) is 19.6 Å². The number of carbonyl (C=O) groups excluding carboxylic acids is 1. The molecule has 1 saturated heterocycles. The van der Waals surface area contributed by atoms with E-state index in [1.807, 2.05) is 6.92 Å². The quantitative estimate of drug-likeness (QED) is 0.447. The number of amides is 1. The summed E-state index contributed by atoms with van der Waals surface area (Å²) in [5.41, 5.74) is 5.83. The third-order valence-corrected chi connectivity index (χ3v) is 2.87. The lowest BCUT2D eigenvalue weighted by Crippen LogP contribution is -2.43. The van der Waals surface area contributed by atoms with Crippen molar-refractivity contribution in [3.05, 3.63) is 0 Å². The van der Waals surface area contributed by atoms with Crippen LogP contribution in [0.2, 0.25) is 0 Å². The zero-order valence-corrected chi connectivity index (χ0v) is 12.9. The molecule has 100 valence electrons. The third-order valence-electron chi connectivity index (χ3n) is 2.87. The number of piperidine rings is 1. The largest absolute Gasteiger partial charge is 0.370 e. The Morgan fingerprint density at radius 3 is 2.59 bits per heavy atom. The Morgan fingerprint density at radius 1 is 1.47 bits per heavy atom. The summed E-state index contributed by atoms with van der Waals surface area (Å²) in [4.78, 5) is 17.3. The summed E-state index contributed by atoms with van der Waals surface area (Å²) in [7, 11) is 0. The number of nitrogens with zero attached hydrogens (tertiary/aromatic N) is 2. The normalized spacial score (nSPS) is 17.5. The van der Waals surface area contributed by atoms with Crippen LogP contribution in [0, 0.1) is 5.92 Å². The average Bonchev–Trinajstić information content (AvgIpc) is 2.27. The number of nitrogens with one attached hydrogen (secondary N) is 1. The summed E-state index contributed by atoms with van der Waals surface area (Å²) in [5.74, 6) is 1.20. The first-order valence-electron chi connectivity index (χ1n) is 5.95. The van der Waals surface area contributed by atoms with Crippen molar-refractivity contribution in [2.45, 2.75) is 26.7 Å². The number of hydrogen-bond acceptors (Lipinski definition) is 2. The SMILES string of the molecule is CCNC(=O)CN=C(N)N1CCC(C)CC1.I. The molecule has 0 atom stereocenters. The lowest BCUT2D eigenvalue weighted by Gasteiger charge is -2.30. The molecule has 0 aromatic heterocycles. The highest BCUT2D eigenvalue weighted by Crippen LogP contribution is 2.15. The summed E-state index contributed by atoms with van der Waals surface area (Å²) in [6.45, 7) is 6.80. The second kappa shape index (κ2) is 8.54. The summed E-state index contributed by atoms with van der Waals surface area (Å²) in [6.07, 6.45) is 2.30. The van der Waals surface area contributed by atoms with Crippen LogP contribution in [0.15, 0.2) is 4.99 Å². The fourth-order valence-corrected chi connectivity index (χ4v) is 1.74. The zero-order valence-electron chi connectivity index (χ0n) is 10.6. The monoisotopic (exact) mass is 354 g/mol. The van der Waals surface area contributed by atoms with Crippen molar-refractivity contribution in [3.63, 3.8) is 0 Å². The molecule has 0 spiro atoms. The minimum atomic E-state index is -0.0733. The van der Waals surface area contributed by atoms with Crippen LogP contribution in [0.1, 0.15) is 26.7 Å². The van der Waals surface area contributed by atoms with Gasteiger partial charge in [-0.1, -0.05) is 6.92 Å². The Balaban J connectivity index is 0.00000256. The summed E-state index contributed by atoms with van der Waals surface area (Å²) in [5, 5.41) is 2.69. The Hall–Kier alpha value is -0.530. The van der Waals surface area contributed by atoms with E-state index in [2.05, 4.69) is 22.1 Å². The van der Waals surface area contributed by atoms with Gasteiger partial charge in [-0.3, -0.25) is 4.79 Å². The van der Waals surface area contributed by atoms with Gasteiger partial charge >= 0.3 is 0 Å². The molecule has 0 saturated carbocycles. The van der Waals surface area contributed by atoms with E-state index in [4.69, 9.17) is 5.73 Å². The molecule has 0 unspecified atom stereocenters. The van der Waals surface area contributed by atoms with Gasteiger partial charge in [0.1, 0.15) is 6.54 Å². The third kappa shape index (κ3) is 6.09. The van der Waals surface area contributed by atoms with E-state index >= 15 is 0 Å². The van der Waals surface area contributed by atoms with Crippen LogP contribution in [-0.2, 0) is 4.79 Å². The van der Waals surface area contributed by atoms with E-state index in [0.29, 0.717) is 12.5 Å². The summed E-state index contributed by atoms with van der Waals surface area (Å²) < 4.78 is 0. The van der Waals surface area contributed by atoms with Gasteiger partial charge in [0.15, 0.2) is 5.96 Å². The van der Waals surface area contributed by atoms with E-state index in [-0.39, 0.29) is 36.4 Å². The van der Waals surface area contributed by atoms with Crippen LogP contribution in [0.4, 0.5) is 0 Å². The molecule has 1 aliphatic heterocycles. The highest BCUT2D eigenvalue weighted by molar-refractivity contribution is 14.0. The molecule has 0 bridgehead atoms. The van der Waals surface area contributed by atoms with Crippen LogP contribution >= 0.6 is 24.0 Å². The van der Waals surface area contributed by atoms with Gasteiger partial charge in [-0.2, -0.15) is 0 Å². The zero-order chi connectivity index (χ0) is 12.0. The highest BCUT2D eigenvalue weighted by atomic mass is 127. The number of nitrogens with two attached hydrogens (primary N) is 1. The van der Waals surface area contributed by atoms with Gasteiger partial charge in [-0.25, -0.2) is 4.99 Å². The molecule has 17 heavy (non-hydrogen) atoms. The molecule has 1 amide bonds. The fourth-order valence-electron chi connectivity index (χ4n) is 1.74. The van der Waals surface area contributed by atoms with Gasteiger partial charge in [-0.15, -0.1) is 24.0 Å². The number of likely N-dealkylation sites (tertiary alicyclic amines) is 1. The van der Waals surface area contributed by atoms with E-state index < -0.39 is 0 Å². The molecule has 0 aromatic carbocycles. The second-order valence-corrected chi connectivity index (χ2v) is 4.30. The molecule has 1 fully saturated rings. The first-order chi connectivity index (χ1) is 7.63. The smallest absolute Gasteiger partial charge is 0.241 e. The maximum Gasteiger partial charge on any atom is 0.241 e. The number of carbonyl (C=O) groups is 1. The average molecular weight is 354 g/mol. The minimum Gasteiger partial charge on any atom is -0.370 e. The molecule has 6 heteroatoms. The molecule has 0 aliphatic carbocycles. The first-order valence-corrected chi connectivity index (χ1v) is 5.95. The van der Waals surface area contributed by atoms with E-state index in [9.17, 15) is 4.79 Å². The molecule has 5 nitrogen and oxygen atoms in total. The summed E-state index contributed by atoms with van der Waals surface area (Å²) >= 11 is 0. The van der Waals surface area contributed by atoms with Crippen molar-refractivity contribution in [1.29, 1.82) is 0 Å². The predicted octanol–water partition coefficient (Wildman–Crippen LogP) is 0.787. The number of guanidine groups is 1. The topological polar surface area (TPSA) is 70.7 Å². The van der Waals surface area contributed by atoms with Crippen molar-refractivity contribution in [1.82, 2.24) is 10.2 Å². The molecule has 1 rings (SSSR count). The van der Waals surface area contributed by atoms with Crippen molar-refractivity contribution in [2.75, 3.05) is 26.2 Å². The Morgan fingerprint density at radius 2 is 2.06 bits per heavy atom. The fraction of sp³-hybridized carbons (Fsp3) is 0.818. The van der Waals surface area contributed by atoms with Crippen molar-refractivity contribution < 1.29 is 4.79 Å². The number of hydrogen-bond donors (Lipinski definition) is 2. The van der Waals surface area contributed by atoms with E-state index in [1.165, 1.54) is 0 Å². The number of likely N-dealkylation sites (N-methyl/N-ethyl adjacent to an activating group) is 1. The molecular formula is C11H23IN4O. The van der Waals surface area contributed by atoms with Crippen molar-refractivity contribution >= 4 is 35.8 Å². The van der Waals surface area contributed by atoms with Crippen molar-refractivity contribution in [3.8, 4) is 0 Å². The van der Waals surface area contributed by atoms with Gasteiger partial charge in [0.2, 0.25) is 5.91 Å².